The van der Waals surface area contributed by atoms with Crippen molar-refractivity contribution in [3.8, 4) is 0 Å². The predicted molar refractivity (Wildman–Crippen MR) is 93.4 cm³/mol. The fourth-order valence-electron chi connectivity index (χ4n) is 2.08. The van der Waals surface area contributed by atoms with Crippen molar-refractivity contribution in [3.05, 3.63) is 47.3 Å². The molecule has 0 aliphatic heterocycles. The number of carbonyl (C=O) groups is 1. The molecule has 0 amide bonds. The first-order valence-electron chi connectivity index (χ1n) is 7.30. The highest BCUT2D eigenvalue weighted by atomic mass is 32.1. The van der Waals surface area contributed by atoms with Gasteiger partial charge in [0, 0.05) is 31.0 Å². The van der Waals surface area contributed by atoms with Gasteiger partial charge in [-0.25, -0.2) is 4.79 Å². The number of nitrogens with zero attached hydrogens (tertiary/aromatic N) is 2. The molecule has 23 heavy (non-hydrogen) atoms. The molecule has 0 fully saturated rings. The van der Waals surface area contributed by atoms with Crippen molar-refractivity contribution in [1.82, 2.24) is 15.1 Å². The van der Waals surface area contributed by atoms with Gasteiger partial charge in [-0.2, -0.15) is 5.10 Å². The first kappa shape index (κ1) is 17.0. The van der Waals surface area contributed by atoms with Gasteiger partial charge in [-0.3, -0.25) is 4.68 Å². The number of ether oxygens (including phenoxy) is 1. The summed E-state index contributed by atoms with van der Waals surface area (Å²) in [4.78, 5) is 11.6. The number of nitrogens with one attached hydrogen (secondary N) is 2. The van der Waals surface area contributed by atoms with Gasteiger partial charge < -0.3 is 15.4 Å². The van der Waals surface area contributed by atoms with E-state index in [-0.39, 0.29) is 5.97 Å². The third-order valence-corrected chi connectivity index (χ3v) is 3.45. The first-order valence-corrected chi connectivity index (χ1v) is 7.71. The number of benzene rings is 1. The Labute approximate surface area is 140 Å². The SMILES string of the molecule is CCOC(=O)c1ccc(NC(=S)NCc2cn(C)nc2C)cc1. The Bertz CT molecular complexity index is 695. The molecular weight excluding hydrogens is 312 g/mol. The average molecular weight is 332 g/mol. The number of aromatic nitrogens is 2. The molecule has 0 spiro atoms. The van der Waals surface area contributed by atoms with Crippen LogP contribution >= 0.6 is 12.2 Å². The van der Waals surface area contributed by atoms with Gasteiger partial charge in [0.1, 0.15) is 0 Å². The van der Waals surface area contributed by atoms with Crippen LogP contribution in [0.1, 0.15) is 28.5 Å². The molecule has 0 aliphatic rings. The van der Waals surface area contributed by atoms with E-state index in [4.69, 9.17) is 17.0 Å². The van der Waals surface area contributed by atoms with Crippen LogP contribution in [0.25, 0.3) is 0 Å². The highest BCUT2D eigenvalue weighted by molar-refractivity contribution is 7.80. The lowest BCUT2D eigenvalue weighted by Crippen LogP contribution is -2.28. The normalized spacial score (nSPS) is 10.2. The third-order valence-electron chi connectivity index (χ3n) is 3.21. The fourth-order valence-corrected chi connectivity index (χ4v) is 2.27. The zero-order chi connectivity index (χ0) is 16.8. The minimum absolute atomic E-state index is 0.327. The third kappa shape index (κ3) is 4.79. The Morgan fingerprint density at radius 1 is 1.35 bits per heavy atom. The zero-order valence-electron chi connectivity index (χ0n) is 13.4. The van der Waals surface area contributed by atoms with Crippen LogP contribution in [0.3, 0.4) is 0 Å². The molecule has 1 heterocycles. The highest BCUT2D eigenvalue weighted by Crippen LogP contribution is 2.11. The first-order chi connectivity index (χ1) is 11.0. The van der Waals surface area contributed by atoms with Crippen molar-refractivity contribution in [1.29, 1.82) is 0 Å². The van der Waals surface area contributed by atoms with Crippen LogP contribution in [0.15, 0.2) is 30.5 Å². The fraction of sp³-hybridized carbons (Fsp3) is 0.312. The number of anilines is 1. The van der Waals surface area contributed by atoms with E-state index in [1.54, 1.807) is 35.9 Å². The van der Waals surface area contributed by atoms with Gasteiger partial charge in [0.05, 0.1) is 17.9 Å². The summed E-state index contributed by atoms with van der Waals surface area (Å²) < 4.78 is 6.72. The molecule has 122 valence electrons. The maximum Gasteiger partial charge on any atom is 0.338 e. The van der Waals surface area contributed by atoms with Crippen LogP contribution < -0.4 is 10.6 Å². The molecule has 2 aromatic rings. The summed E-state index contributed by atoms with van der Waals surface area (Å²) >= 11 is 5.27. The molecule has 0 atom stereocenters. The van der Waals surface area contributed by atoms with Crippen LogP contribution in [0.4, 0.5) is 5.69 Å². The zero-order valence-corrected chi connectivity index (χ0v) is 14.2. The minimum Gasteiger partial charge on any atom is -0.462 e. The summed E-state index contributed by atoms with van der Waals surface area (Å²) in [6.45, 7) is 4.70. The van der Waals surface area contributed by atoms with E-state index in [0.717, 1.165) is 16.9 Å². The lowest BCUT2D eigenvalue weighted by atomic mass is 10.2. The van der Waals surface area contributed by atoms with Gasteiger partial charge in [0.15, 0.2) is 5.11 Å². The van der Waals surface area contributed by atoms with Crippen molar-refractivity contribution in [2.75, 3.05) is 11.9 Å². The van der Waals surface area contributed by atoms with Crippen LogP contribution in [0.2, 0.25) is 0 Å². The highest BCUT2D eigenvalue weighted by Gasteiger charge is 2.07. The van der Waals surface area contributed by atoms with Crippen LogP contribution in [0.5, 0.6) is 0 Å². The number of hydrogen-bond donors (Lipinski definition) is 2. The van der Waals surface area contributed by atoms with Gasteiger partial charge in [-0.15, -0.1) is 0 Å². The lowest BCUT2D eigenvalue weighted by molar-refractivity contribution is 0.0526. The summed E-state index contributed by atoms with van der Waals surface area (Å²) in [5.74, 6) is -0.327. The molecule has 1 aromatic carbocycles. The smallest absolute Gasteiger partial charge is 0.338 e. The summed E-state index contributed by atoms with van der Waals surface area (Å²) in [5, 5.41) is 11.0. The molecule has 0 saturated carbocycles. The standard InChI is InChI=1S/C16H20N4O2S/c1-4-22-15(21)12-5-7-14(8-6-12)18-16(23)17-9-13-10-20(3)19-11(13)2/h5-8,10H,4,9H2,1-3H3,(H2,17,18,23). The summed E-state index contributed by atoms with van der Waals surface area (Å²) in [5.41, 5.74) is 3.39. The quantitative estimate of drug-likeness (QED) is 0.647. The second-order valence-corrected chi connectivity index (χ2v) is 5.43. The van der Waals surface area contributed by atoms with Crippen LogP contribution in [-0.2, 0) is 18.3 Å². The second kappa shape index (κ2) is 7.73. The Morgan fingerprint density at radius 2 is 2.04 bits per heavy atom. The van der Waals surface area contributed by atoms with Gasteiger partial charge in [0.2, 0.25) is 0 Å². The Morgan fingerprint density at radius 3 is 2.61 bits per heavy atom. The van der Waals surface area contributed by atoms with Crippen LogP contribution in [-0.4, -0.2) is 27.5 Å². The minimum atomic E-state index is -0.327. The molecule has 7 heteroatoms. The molecule has 0 radical (unpaired) electrons. The topological polar surface area (TPSA) is 68.2 Å². The maximum atomic E-state index is 11.6. The average Bonchev–Trinajstić information content (AvgIpc) is 2.84. The molecule has 6 nitrogen and oxygen atoms in total. The largest absolute Gasteiger partial charge is 0.462 e. The Balaban J connectivity index is 1.87. The second-order valence-electron chi connectivity index (χ2n) is 5.02. The van der Waals surface area contributed by atoms with E-state index in [0.29, 0.717) is 23.8 Å². The molecule has 0 saturated heterocycles. The number of hydrogen-bond acceptors (Lipinski definition) is 4. The van der Waals surface area contributed by atoms with Crippen molar-refractivity contribution in [3.63, 3.8) is 0 Å². The van der Waals surface area contributed by atoms with Gasteiger partial charge in [0.25, 0.3) is 0 Å². The number of thiocarbonyl (C=S) groups is 1. The number of aryl methyl sites for hydroxylation is 2. The van der Waals surface area contributed by atoms with Crippen molar-refractivity contribution in [2.45, 2.75) is 20.4 Å². The van der Waals surface area contributed by atoms with E-state index in [1.165, 1.54) is 0 Å². The Kier molecular flexibility index (Phi) is 5.70. The van der Waals surface area contributed by atoms with Crippen molar-refractivity contribution in [2.24, 2.45) is 7.05 Å². The molecular formula is C16H20N4O2S. The van der Waals surface area contributed by atoms with E-state index in [1.807, 2.05) is 20.2 Å². The molecule has 0 unspecified atom stereocenters. The molecule has 2 rings (SSSR count). The summed E-state index contributed by atoms with van der Waals surface area (Å²) in [7, 11) is 1.89. The van der Waals surface area contributed by atoms with Crippen LogP contribution in [0, 0.1) is 6.92 Å². The number of esters is 1. The maximum absolute atomic E-state index is 11.6. The van der Waals surface area contributed by atoms with Gasteiger partial charge >= 0.3 is 5.97 Å². The molecule has 0 bridgehead atoms. The van der Waals surface area contributed by atoms with E-state index < -0.39 is 0 Å². The van der Waals surface area contributed by atoms with Crippen molar-refractivity contribution >= 4 is 29.0 Å². The molecule has 2 N–H and O–H groups in total. The number of carbonyl (C=O) groups excluding carboxylic acids is 1. The Hall–Kier alpha value is -2.41. The summed E-state index contributed by atoms with van der Waals surface area (Å²) in [6, 6.07) is 6.98. The monoisotopic (exact) mass is 332 g/mol. The molecule has 0 aliphatic carbocycles. The summed E-state index contributed by atoms with van der Waals surface area (Å²) in [6.07, 6.45) is 1.96. The van der Waals surface area contributed by atoms with E-state index in [2.05, 4.69) is 15.7 Å². The lowest BCUT2D eigenvalue weighted by Gasteiger charge is -2.10. The van der Waals surface area contributed by atoms with Crippen molar-refractivity contribution < 1.29 is 9.53 Å². The van der Waals surface area contributed by atoms with E-state index >= 15 is 0 Å². The van der Waals surface area contributed by atoms with Gasteiger partial charge in [-0.05, 0) is 50.3 Å². The van der Waals surface area contributed by atoms with E-state index in [9.17, 15) is 4.79 Å². The predicted octanol–water partition coefficient (Wildman–Crippen LogP) is 2.39. The number of rotatable bonds is 5. The van der Waals surface area contributed by atoms with Gasteiger partial charge in [-0.1, -0.05) is 0 Å². The molecule has 1 aromatic heterocycles.